The van der Waals surface area contributed by atoms with Crippen molar-refractivity contribution >= 4 is 21.8 Å². The average Bonchev–Trinajstić information content (AvgIpc) is 2.72. The quantitative estimate of drug-likeness (QED) is 0.874. The first-order chi connectivity index (χ1) is 10.6. The number of hydrogen-bond donors (Lipinski definition) is 1. The predicted octanol–water partition coefficient (Wildman–Crippen LogP) is 2.72. The first kappa shape index (κ1) is 16.8. The van der Waals surface area contributed by atoms with E-state index in [1.165, 1.54) is 11.7 Å². The Morgan fingerprint density at radius 3 is 2.65 bits per heavy atom. The summed E-state index contributed by atoms with van der Waals surface area (Å²) < 4.78 is 42.5. The van der Waals surface area contributed by atoms with E-state index in [0.29, 0.717) is 4.60 Å². The average molecular weight is 389 g/mol. The second kappa shape index (κ2) is 5.92. The third-order valence-electron chi connectivity index (χ3n) is 2.83. The zero-order chi connectivity index (χ0) is 17.4. The molecule has 2 N–H and O–H groups in total. The minimum atomic E-state index is -4.89. The summed E-state index contributed by atoms with van der Waals surface area (Å²) >= 11 is 3.14. The van der Waals surface area contributed by atoms with Gasteiger partial charge in [0.05, 0.1) is 0 Å². The van der Waals surface area contributed by atoms with Gasteiger partial charge in [-0.3, -0.25) is 9.48 Å². The number of primary amides is 1. The van der Waals surface area contributed by atoms with E-state index in [1.807, 2.05) is 6.07 Å². The van der Waals surface area contributed by atoms with Gasteiger partial charge < -0.3 is 10.5 Å². The van der Waals surface area contributed by atoms with E-state index in [4.69, 9.17) is 5.73 Å². The normalized spacial score (nSPS) is 11.1. The van der Waals surface area contributed by atoms with Crippen LogP contribution in [0.3, 0.4) is 0 Å². The molecule has 0 aliphatic heterocycles. The number of carbonyl (C=O) groups is 1. The van der Waals surface area contributed by atoms with E-state index in [0.717, 1.165) is 18.2 Å². The minimum Gasteiger partial charge on any atom is -0.406 e. The van der Waals surface area contributed by atoms with Crippen LogP contribution >= 0.6 is 15.9 Å². The highest BCUT2D eigenvalue weighted by atomic mass is 79.9. The zero-order valence-corrected chi connectivity index (χ0v) is 13.1. The predicted molar refractivity (Wildman–Crippen MR) is 76.3 cm³/mol. The number of nitrogens with zero attached hydrogens (tertiary/aromatic N) is 3. The monoisotopic (exact) mass is 388 g/mol. The third kappa shape index (κ3) is 3.45. The lowest BCUT2D eigenvalue weighted by atomic mass is 10.0. The minimum absolute atomic E-state index is 0.0169. The summed E-state index contributed by atoms with van der Waals surface area (Å²) in [6.07, 6.45) is -4.89. The van der Waals surface area contributed by atoms with Crippen LogP contribution < -0.4 is 10.5 Å². The van der Waals surface area contributed by atoms with Crippen LogP contribution in [0.2, 0.25) is 0 Å². The number of ether oxygens (including phenoxy) is 1. The van der Waals surface area contributed by atoms with Crippen molar-refractivity contribution in [1.82, 2.24) is 9.78 Å². The van der Waals surface area contributed by atoms with Crippen molar-refractivity contribution in [2.24, 2.45) is 12.8 Å². The number of carbonyl (C=O) groups excluding carboxylic acids is 1. The van der Waals surface area contributed by atoms with Gasteiger partial charge in [0, 0.05) is 18.2 Å². The second-order valence-electron chi connectivity index (χ2n) is 4.37. The number of aryl methyl sites for hydroxylation is 1. The van der Waals surface area contributed by atoms with Crippen LogP contribution in [0.4, 0.5) is 13.2 Å². The van der Waals surface area contributed by atoms with E-state index in [2.05, 4.69) is 25.8 Å². The molecule has 120 valence electrons. The molecule has 0 bridgehead atoms. The summed E-state index contributed by atoms with van der Waals surface area (Å²) in [4.78, 5) is 11.5. The molecule has 23 heavy (non-hydrogen) atoms. The molecule has 1 aromatic carbocycles. The Labute approximate surface area is 136 Å². The highest BCUT2D eigenvalue weighted by Crippen LogP contribution is 2.34. The third-order valence-corrected chi connectivity index (χ3v) is 3.74. The number of alkyl halides is 3. The molecule has 0 aliphatic carbocycles. The molecule has 0 spiro atoms. The summed E-state index contributed by atoms with van der Waals surface area (Å²) in [6, 6.07) is 4.88. The standard InChI is InChI=1S/C13H8BrF3N4O2/c1-21-11(14)9(5-18)10(20-21)8-4-6(23-13(15,16)17)2-3-7(8)12(19)22/h2-4H,1H3,(H2,19,22). The summed E-state index contributed by atoms with van der Waals surface area (Å²) in [6.45, 7) is 0. The molecule has 0 saturated carbocycles. The molecule has 1 heterocycles. The number of rotatable bonds is 3. The number of hydrogen-bond acceptors (Lipinski definition) is 4. The summed E-state index contributed by atoms with van der Waals surface area (Å²) in [5.74, 6) is -1.42. The molecule has 10 heteroatoms. The van der Waals surface area contributed by atoms with Crippen LogP contribution in [0, 0.1) is 11.3 Å². The molecule has 0 radical (unpaired) electrons. The van der Waals surface area contributed by atoms with Gasteiger partial charge in [0.1, 0.15) is 27.7 Å². The number of halogens is 4. The molecule has 0 saturated heterocycles. The molecule has 6 nitrogen and oxygen atoms in total. The maximum atomic E-state index is 12.4. The lowest BCUT2D eigenvalue weighted by Gasteiger charge is -2.11. The van der Waals surface area contributed by atoms with E-state index in [9.17, 15) is 23.2 Å². The van der Waals surface area contributed by atoms with E-state index >= 15 is 0 Å². The van der Waals surface area contributed by atoms with Crippen LogP contribution in [-0.4, -0.2) is 22.1 Å². The molecule has 2 aromatic rings. The van der Waals surface area contributed by atoms with Crippen LogP contribution in [-0.2, 0) is 7.05 Å². The fourth-order valence-electron chi connectivity index (χ4n) is 1.92. The molecule has 2 rings (SSSR count). The lowest BCUT2D eigenvalue weighted by molar-refractivity contribution is -0.274. The SMILES string of the molecule is Cn1nc(-c2cc(OC(F)(F)F)ccc2C(N)=O)c(C#N)c1Br. The number of benzene rings is 1. The number of aromatic nitrogens is 2. The molecular formula is C13H8BrF3N4O2. The Balaban J connectivity index is 2.69. The molecule has 0 unspecified atom stereocenters. The van der Waals surface area contributed by atoms with Gasteiger partial charge >= 0.3 is 6.36 Å². The Bertz CT molecular complexity index is 824. The maximum absolute atomic E-state index is 12.4. The highest BCUT2D eigenvalue weighted by Gasteiger charge is 2.32. The molecule has 0 fully saturated rings. The highest BCUT2D eigenvalue weighted by molar-refractivity contribution is 9.10. The van der Waals surface area contributed by atoms with Crippen molar-refractivity contribution < 1.29 is 22.7 Å². The van der Waals surface area contributed by atoms with Gasteiger partial charge in [-0.25, -0.2) is 0 Å². The number of nitrogens with two attached hydrogens (primary N) is 1. The van der Waals surface area contributed by atoms with Crippen molar-refractivity contribution in [3.05, 3.63) is 33.9 Å². The second-order valence-corrected chi connectivity index (χ2v) is 5.12. The van der Waals surface area contributed by atoms with Crippen LogP contribution in [0.5, 0.6) is 5.75 Å². The van der Waals surface area contributed by atoms with Crippen LogP contribution in [0.15, 0.2) is 22.8 Å². The largest absolute Gasteiger partial charge is 0.573 e. The molecule has 0 atom stereocenters. The molecule has 1 amide bonds. The Hall–Kier alpha value is -2.54. The van der Waals surface area contributed by atoms with Crippen molar-refractivity contribution in [2.45, 2.75) is 6.36 Å². The van der Waals surface area contributed by atoms with E-state index in [-0.39, 0.29) is 22.4 Å². The molecule has 1 aromatic heterocycles. The van der Waals surface area contributed by atoms with Crippen LogP contribution in [0.1, 0.15) is 15.9 Å². The van der Waals surface area contributed by atoms with Gasteiger partial charge in [-0.2, -0.15) is 10.4 Å². The first-order valence-corrected chi connectivity index (χ1v) is 6.76. The molecule has 0 aliphatic rings. The fourth-order valence-corrected chi connectivity index (χ4v) is 2.28. The summed E-state index contributed by atoms with van der Waals surface area (Å²) in [5, 5.41) is 13.2. The summed E-state index contributed by atoms with van der Waals surface area (Å²) in [7, 11) is 1.52. The Morgan fingerprint density at radius 1 is 1.48 bits per heavy atom. The topological polar surface area (TPSA) is 93.9 Å². The van der Waals surface area contributed by atoms with Crippen LogP contribution in [0.25, 0.3) is 11.3 Å². The van der Waals surface area contributed by atoms with E-state index < -0.39 is 18.0 Å². The van der Waals surface area contributed by atoms with Gasteiger partial charge in [0.25, 0.3) is 0 Å². The smallest absolute Gasteiger partial charge is 0.406 e. The maximum Gasteiger partial charge on any atom is 0.573 e. The molecular weight excluding hydrogens is 381 g/mol. The first-order valence-electron chi connectivity index (χ1n) is 5.96. The van der Waals surface area contributed by atoms with Crippen molar-refractivity contribution in [3.63, 3.8) is 0 Å². The lowest BCUT2D eigenvalue weighted by Crippen LogP contribution is -2.18. The zero-order valence-electron chi connectivity index (χ0n) is 11.5. The van der Waals surface area contributed by atoms with Crippen molar-refractivity contribution in [1.29, 1.82) is 5.26 Å². The fraction of sp³-hybridized carbons (Fsp3) is 0.154. The van der Waals surface area contributed by atoms with Gasteiger partial charge in [-0.05, 0) is 34.1 Å². The van der Waals surface area contributed by atoms with Gasteiger partial charge in [-0.15, -0.1) is 13.2 Å². The number of amides is 1. The van der Waals surface area contributed by atoms with Gasteiger partial charge in [0.2, 0.25) is 5.91 Å². The van der Waals surface area contributed by atoms with E-state index in [1.54, 1.807) is 0 Å². The van der Waals surface area contributed by atoms with Crippen molar-refractivity contribution in [2.75, 3.05) is 0 Å². The van der Waals surface area contributed by atoms with Gasteiger partial charge in [0.15, 0.2) is 0 Å². The number of nitriles is 1. The Morgan fingerprint density at radius 2 is 2.13 bits per heavy atom. The summed E-state index contributed by atoms with van der Waals surface area (Å²) in [5.41, 5.74) is 5.19. The Kier molecular flexibility index (Phi) is 4.33. The van der Waals surface area contributed by atoms with Gasteiger partial charge in [-0.1, -0.05) is 0 Å². The van der Waals surface area contributed by atoms with Crippen molar-refractivity contribution in [3.8, 4) is 23.1 Å².